The molecule has 0 atom stereocenters. The summed E-state index contributed by atoms with van der Waals surface area (Å²) in [6.07, 6.45) is -4.91. The average molecular weight is 275 g/mol. The zero-order valence-corrected chi connectivity index (χ0v) is 9.87. The molecule has 1 rings (SSSR count). The van der Waals surface area contributed by atoms with Crippen LogP contribution >= 0.6 is 0 Å². The van der Waals surface area contributed by atoms with Gasteiger partial charge in [-0.25, -0.2) is 4.79 Å². The molecule has 0 spiro atoms. The van der Waals surface area contributed by atoms with Crippen molar-refractivity contribution in [3.05, 3.63) is 23.3 Å². The van der Waals surface area contributed by atoms with Crippen LogP contribution in [0.4, 0.5) is 13.2 Å². The molecule has 1 aromatic rings. The number of rotatable bonds is 3. The largest absolute Gasteiger partial charge is 0.573 e. The summed E-state index contributed by atoms with van der Waals surface area (Å²) in [6.45, 7) is 0. The SMILES string of the molecule is COC(=O)c1c(C#N)cc(OC(F)(F)F)cc1OC. The maximum atomic E-state index is 12.1. The minimum absolute atomic E-state index is 0.245. The summed E-state index contributed by atoms with van der Waals surface area (Å²) in [5.74, 6) is -1.80. The smallest absolute Gasteiger partial charge is 0.496 e. The minimum atomic E-state index is -4.91. The number of nitrogens with zero attached hydrogens (tertiary/aromatic N) is 1. The predicted molar refractivity (Wildman–Crippen MR) is 55.7 cm³/mol. The van der Waals surface area contributed by atoms with Crippen molar-refractivity contribution in [3.8, 4) is 17.6 Å². The van der Waals surface area contributed by atoms with Gasteiger partial charge in [0.05, 0.1) is 19.8 Å². The van der Waals surface area contributed by atoms with Crippen LogP contribution in [0.15, 0.2) is 12.1 Å². The van der Waals surface area contributed by atoms with Crippen molar-refractivity contribution in [2.24, 2.45) is 0 Å². The van der Waals surface area contributed by atoms with Crippen LogP contribution in [0.5, 0.6) is 11.5 Å². The lowest BCUT2D eigenvalue weighted by molar-refractivity contribution is -0.274. The molecule has 102 valence electrons. The molecule has 0 N–H and O–H groups in total. The summed E-state index contributed by atoms with van der Waals surface area (Å²) in [6, 6.07) is 3.21. The summed E-state index contributed by atoms with van der Waals surface area (Å²) in [4.78, 5) is 11.5. The van der Waals surface area contributed by atoms with Gasteiger partial charge in [0.15, 0.2) is 0 Å². The highest BCUT2D eigenvalue weighted by atomic mass is 19.4. The van der Waals surface area contributed by atoms with Crippen molar-refractivity contribution < 1.29 is 32.2 Å². The second-order valence-corrected chi connectivity index (χ2v) is 3.20. The van der Waals surface area contributed by atoms with Crippen molar-refractivity contribution >= 4 is 5.97 Å². The molecule has 0 saturated carbocycles. The first-order valence-electron chi connectivity index (χ1n) is 4.78. The number of hydrogen-bond donors (Lipinski definition) is 0. The van der Waals surface area contributed by atoms with Crippen molar-refractivity contribution in [2.75, 3.05) is 14.2 Å². The standard InChI is InChI=1S/C11H8F3NO4/c1-17-8-4-7(19-11(12,13)14)3-6(5-15)9(8)10(16)18-2/h3-4H,1-2H3. The number of esters is 1. The lowest BCUT2D eigenvalue weighted by atomic mass is 10.1. The van der Waals surface area contributed by atoms with E-state index < -0.39 is 18.1 Å². The first-order chi connectivity index (χ1) is 8.82. The number of ether oxygens (including phenoxy) is 3. The fourth-order valence-electron chi connectivity index (χ4n) is 1.34. The van der Waals surface area contributed by atoms with E-state index in [9.17, 15) is 18.0 Å². The summed E-state index contributed by atoms with van der Waals surface area (Å²) in [5.41, 5.74) is -0.604. The Bertz CT molecular complexity index is 534. The number of carbonyl (C=O) groups is 1. The molecule has 0 aliphatic rings. The molecule has 0 bridgehead atoms. The monoisotopic (exact) mass is 275 g/mol. The second kappa shape index (κ2) is 5.48. The summed E-state index contributed by atoms with van der Waals surface area (Å²) >= 11 is 0. The van der Waals surface area contributed by atoms with Gasteiger partial charge in [0.25, 0.3) is 0 Å². The van der Waals surface area contributed by atoms with Gasteiger partial charge in [0.1, 0.15) is 23.1 Å². The predicted octanol–water partition coefficient (Wildman–Crippen LogP) is 2.25. The molecule has 0 fully saturated rings. The molecule has 0 aliphatic carbocycles. The highest BCUT2D eigenvalue weighted by molar-refractivity contribution is 5.95. The van der Waals surface area contributed by atoms with Gasteiger partial charge < -0.3 is 14.2 Å². The third kappa shape index (κ3) is 3.51. The first-order valence-corrected chi connectivity index (χ1v) is 4.78. The second-order valence-electron chi connectivity index (χ2n) is 3.20. The zero-order chi connectivity index (χ0) is 14.6. The van der Waals surface area contributed by atoms with E-state index >= 15 is 0 Å². The Hall–Kier alpha value is -2.43. The van der Waals surface area contributed by atoms with E-state index in [0.717, 1.165) is 26.4 Å². The number of methoxy groups -OCH3 is 2. The lowest BCUT2D eigenvalue weighted by Crippen LogP contribution is -2.18. The average Bonchev–Trinajstić information content (AvgIpc) is 2.34. The molecule has 0 amide bonds. The van der Waals surface area contributed by atoms with Gasteiger partial charge in [-0.3, -0.25) is 0 Å². The summed E-state index contributed by atoms with van der Waals surface area (Å²) in [7, 11) is 2.21. The Balaban J connectivity index is 3.37. The van der Waals surface area contributed by atoms with Crippen LogP contribution in [0.2, 0.25) is 0 Å². The fourth-order valence-corrected chi connectivity index (χ4v) is 1.34. The topological polar surface area (TPSA) is 68.6 Å². The molecule has 19 heavy (non-hydrogen) atoms. The Morgan fingerprint density at radius 1 is 1.32 bits per heavy atom. The van der Waals surface area contributed by atoms with E-state index in [0.29, 0.717) is 0 Å². The third-order valence-electron chi connectivity index (χ3n) is 2.04. The fraction of sp³-hybridized carbons (Fsp3) is 0.273. The van der Waals surface area contributed by atoms with E-state index in [1.165, 1.54) is 0 Å². The Labute approximate surface area is 106 Å². The van der Waals surface area contributed by atoms with Gasteiger partial charge in [-0.2, -0.15) is 5.26 Å². The van der Waals surface area contributed by atoms with Crippen LogP contribution in [-0.2, 0) is 4.74 Å². The molecular formula is C11H8F3NO4. The highest BCUT2D eigenvalue weighted by Gasteiger charge is 2.32. The summed E-state index contributed by atoms with van der Waals surface area (Å²) in [5, 5.41) is 8.86. The minimum Gasteiger partial charge on any atom is -0.496 e. The van der Waals surface area contributed by atoms with Crippen molar-refractivity contribution in [1.29, 1.82) is 5.26 Å². The van der Waals surface area contributed by atoms with Crippen LogP contribution in [-0.4, -0.2) is 26.6 Å². The number of carbonyl (C=O) groups excluding carboxylic acids is 1. The third-order valence-corrected chi connectivity index (χ3v) is 2.04. The molecule has 8 heteroatoms. The van der Waals surface area contributed by atoms with Gasteiger partial charge >= 0.3 is 12.3 Å². The van der Waals surface area contributed by atoms with Crippen LogP contribution in [0.25, 0.3) is 0 Å². The Kier molecular flexibility index (Phi) is 4.22. The van der Waals surface area contributed by atoms with E-state index in [2.05, 4.69) is 9.47 Å². The van der Waals surface area contributed by atoms with Crippen LogP contribution < -0.4 is 9.47 Å². The number of hydrogen-bond acceptors (Lipinski definition) is 5. The molecule has 0 aromatic heterocycles. The van der Waals surface area contributed by atoms with Crippen LogP contribution in [0.1, 0.15) is 15.9 Å². The van der Waals surface area contributed by atoms with Gasteiger partial charge in [-0.05, 0) is 6.07 Å². The quantitative estimate of drug-likeness (QED) is 0.791. The zero-order valence-electron chi connectivity index (χ0n) is 9.87. The highest BCUT2D eigenvalue weighted by Crippen LogP contribution is 2.32. The summed E-state index contributed by atoms with van der Waals surface area (Å²) < 4.78 is 49.2. The molecule has 0 unspecified atom stereocenters. The normalized spacial score (nSPS) is 10.5. The molecule has 0 radical (unpaired) electrons. The first kappa shape index (κ1) is 14.6. The molecule has 1 aromatic carbocycles. The van der Waals surface area contributed by atoms with Crippen molar-refractivity contribution in [1.82, 2.24) is 0 Å². The molecular weight excluding hydrogens is 267 g/mol. The van der Waals surface area contributed by atoms with E-state index in [1.54, 1.807) is 6.07 Å². The maximum absolute atomic E-state index is 12.1. The number of alkyl halides is 3. The van der Waals surface area contributed by atoms with Crippen molar-refractivity contribution in [2.45, 2.75) is 6.36 Å². The number of halogens is 3. The molecule has 0 aliphatic heterocycles. The number of nitriles is 1. The van der Waals surface area contributed by atoms with E-state index in [-0.39, 0.29) is 16.9 Å². The molecule has 0 heterocycles. The van der Waals surface area contributed by atoms with Gasteiger partial charge in [0, 0.05) is 6.07 Å². The molecule has 0 saturated heterocycles. The van der Waals surface area contributed by atoms with Gasteiger partial charge in [0.2, 0.25) is 0 Å². The Morgan fingerprint density at radius 2 is 1.95 bits per heavy atom. The van der Waals surface area contributed by atoms with E-state index in [1.807, 2.05) is 0 Å². The molecule has 5 nitrogen and oxygen atoms in total. The van der Waals surface area contributed by atoms with E-state index in [4.69, 9.17) is 10.00 Å². The van der Waals surface area contributed by atoms with Crippen LogP contribution in [0, 0.1) is 11.3 Å². The van der Waals surface area contributed by atoms with Crippen LogP contribution in [0.3, 0.4) is 0 Å². The van der Waals surface area contributed by atoms with Gasteiger partial charge in [-0.1, -0.05) is 0 Å². The Morgan fingerprint density at radius 3 is 2.37 bits per heavy atom. The lowest BCUT2D eigenvalue weighted by Gasteiger charge is -2.13. The van der Waals surface area contributed by atoms with Crippen molar-refractivity contribution in [3.63, 3.8) is 0 Å². The number of benzene rings is 1. The van der Waals surface area contributed by atoms with Gasteiger partial charge in [-0.15, -0.1) is 13.2 Å². The maximum Gasteiger partial charge on any atom is 0.573 e.